The van der Waals surface area contributed by atoms with Crippen LogP contribution in [0.5, 0.6) is 0 Å². The van der Waals surface area contributed by atoms with Gasteiger partial charge in [0.05, 0.1) is 18.3 Å². The monoisotopic (exact) mass is 298 g/mol. The van der Waals surface area contributed by atoms with E-state index in [1.165, 1.54) is 20.8 Å². The summed E-state index contributed by atoms with van der Waals surface area (Å²) < 4.78 is 42.6. The average Bonchev–Trinajstić information content (AvgIpc) is 2.18. The van der Waals surface area contributed by atoms with Gasteiger partial charge in [-0.05, 0) is 27.2 Å². The first-order valence-corrected chi connectivity index (χ1v) is 6.39. The minimum atomic E-state index is -4.62. The third kappa shape index (κ3) is 7.35. The predicted octanol–water partition coefficient (Wildman–Crippen LogP) is 3.40. The van der Waals surface area contributed by atoms with E-state index in [2.05, 4.69) is 0 Å². The van der Waals surface area contributed by atoms with Gasteiger partial charge in [0.25, 0.3) is 0 Å². The van der Waals surface area contributed by atoms with Crippen LogP contribution in [0.2, 0.25) is 0 Å². The third-order valence-electron chi connectivity index (χ3n) is 2.56. The topological polar surface area (TPSA) is 63.6 Å². The molecule has 20 heavy (non-hydrogen) atoms. The number of hydrogen-bond donors (Lipinski definition) is 1. The molecule has 2 atom stereocenters. The van der Waals surface area contributed by atoms with Gasteiger partial charge in [-0.1, -0.05) is 13.3 Å². The maximum absolute atomic E-state index is 12.6. The molecule has 0 fully saturated rings. The van der Waals surface area contributed by atoms with Crippen LogP contribution >= 0.6 is 0 Å². The van der Waals surface area contributed by atoms with Crippen molar-refractivity contribution in [2.75, 3.05) is 0 Å². The quantitative estimate of drug-likeness (QED) is 0.763. The summed E-state index contributed by atoms with van der Waals surface area (Å²) >= 11 is 0. The fourth-order valence-electron chi connectivity index (χ4n) is 1.82. The molecule has 1 N–H and O–H groups in total. The largest absolute Gasteiger partial charge is 0.481 e. The lowest BCUT2D eigenvalue weighted by Crippen LogP contribution is -2.38. The number of carbonyl (C=O) groups excluding carboxylic acids is 1. The molecule has 0 spiro atoms. The minimum absolute atomic E-state index is 0.00464. The molecule has 4 nitrogen and oxygen atoms in total. The Morgan fingerprint density at radius 3 is 1.95 bits per heavy atom. The van der Waals surface area contributed by atoms with E-state index in [0.29, 0.717) is 6.42 Å². The minimum Gasteiger partial charge on any atom is -0.481 e. The summed E-state index contributed by atoms with van der Waals surface area (Å²) in [7, 11) is 0. The van der Waals surface area contributed by atoms with E-state index < -0.39 is 42.0 Å². The number of alkyl halides is 3. The fourth-order valence-corrected chi connectivity index (χ4v) is 1.82. The summed E-state index contributed by atoms with van der Waals surface area (Å²) in [6, 6.07) is 0. The molecule has 0 saturated carbocycles. The Labute approximate surface area is 116 Å². The highest BCUT2D eigenvalue weighted by molar-refractivity contribution is 5.81. The van der Waals surface area contributed by atoms with Crippen LogP contribution in [0.15, 0.2) is 0 Å². The molecule has 0 aromatic carbocycles. The van der Waals surface area contributed by atoms with E-state index in [4.69, 9.17) is 9.84 Å². The number of halogens is 3. The van der Waals surface area contributed by atoms with Crippen LogP contribution in [-0.4, -0.2) is 28.8 Å². The molecule has 0 heterocycles. The van der Waals surface area contributed by atoms with E-state index in [1.54, 1.807) is 6.92 Å². The van der Waals surface area contributed by atoms with Gasteiger partial charge >= 0.3 is 18.1 Å². The van der Waals surface area contributed by atoms with Crippen molar-refractivity contribution in [2.45, 2.75) is 58.7 Å². The van der Waals surface area contributed by atoms with Gasteiger partial charge in [0, 0.05) is 0 Å². The molecule has 0 saturated heterocycles. The lowest BCUT2D eigenvalue weighted by molar-refractivity contribution is -0.183. The highest BCUT2D eigenvalue weighted by atomic mass is 19.4. The molecular formula is C13H21F3O4. The second-order valence-electron chi connectivity index (χ2n) is 5.69. The number of rotatable bonds is 6. The Bertz CT molecular complexity index is 345. The summed E-state index contributed by atoms with van der Waals surface area (Å²) in [5.41, 5.74) is -0.962. The van der Waals surface area contributed by atoms with Crippen molar-refractivity contribution in [3.8, 4) is 0 Å². The number of hydrogen-bond acceptors (Lipinski definition) is 3. The Kier molecular flexibility index (Phi) is 6.50. The number of ether oxygens (including phenoxy) is 1. The number of carboxylic acids is 1. The van der Waals surface area contributed by atoms with Gasteiger partial charge in [-0.3, -0.25) is 9.59 Å². The average molecular weight is 298 g/mol. The van der Waals surface area contributed by atoms with Gasteiger partial charge in [0.15, 0.2) is 0 Å². The van der Waals surface area contributed by atoms with Gasteiger partial charge in [-0.15, -0.1) is 0 Å². The smallest absolute Gasteiger partial charge is 0.389 e. The number of carbonyl (C=O) groups is 2. The van der Waals surface area contributed by atoms with Crippen LogP contribution in [0.4, 0.5) is 13.2 Å². The van der Waals surface area contributed by atoms with Gasteiger partial charge in [-0.2, -0.15) is 13.2 Å². The third-order valence-corrected chi connectivity index (χ3v) is 2.56. The van der Waals surface area contributed by atoms with Crippen molar-refractivity contribution in [3.05, 3.63) is 0 Å². The summed E-state index contributed by atoms with van der Waals surface area (Å²) in [6.45, 7) is 6.21. The summed E-state index contributed by atoms with van der Waals surface area (Å²) in [5.74, 6) is -5.63. The molecule has 0 aromatic heterocycles. The van der Waals surface area contributed by atoms with Gasteiger partial charge in [-0.25, -0.2) is 0 Å². The van der Waals surface area contributed by atoms with Crippen molar-refractivity contribution in [2.24, 2.45) is 11.8 Å². The molecule has 118 valence electrons. The van der Waals surface area contributed by atoms with Crippen molar-refractivity contribution >= 4 is 11.9 Å². The van der Waals surface area contributed by atoms with Crippen LogP contribution in [-0.2, 0) is 14.3 Å². The Balaban J connectivity index is 5.24. The molecular weight excluding hydrogens is 277 g/mol. The molecule has 7 heteroatoms. The molecule has 0 aliphatic carbocycles. The lowest BCUT2D eigenvalue weighted by atomic mass is 9.85. The van der Waals surface area contributed by atoms with Crippen LogP contribution in [0, 0.1) is 11.8 Å². The highest BCUT2D eigenvalue weighted by Crippen LogP contribution is 2.33. The molecule has 2 unspecified atom stereocenters. The van der Waals surface area contributed by atoms with Crippen LogP contribution in [0.3, 0.4) is 0 Å². The molecule has 0 radical (unpaired) electrons. The summed E-state index contributed by atoms with van der Waals surface area (Å²) in [5, 5.41) is 9.04. The van der Waals surface area contributed by atoms with Gasteiger partial charge in [0.1, 0.15) is 5.60 Å². The molecule has 0 aromatic rings. The number of esters is 1. The summed E-state index contributed by atoms with van der Waals surface area (Å²) in [4.78, 5) is 23.0. The van der Waals surface area contributed by atoms with Crippen LogP contribution < -0.4 is 0 Å². The molecule has 0 aliphatic heterocycles. The van der Waals surface area contributed by atoms with Gasteiger partial charge < -0.3 is 9.84 Å². The van der Waals surface area contributed by atoms with E-state index >= 15 is 0 Å². The SMILES string of the molecule is CCCC(C(=O)O)C(CC(F)(F)F)C(=O)OC(C)(C)C. The van der Waals surface area contributed by atoms with Crippen LogP contribution in [0.25, 0.3) is 0 Å². The zero-order valence-corrected chi connectivity index (χ0v) is 12.1. The normalized spacial score (nSPS) is 15.6. The first-order chi connectivity index (χ1) is 8.87. The number of aliphatic carboxylic acids is 1. The number of carboxylic acid groups (broad SMARTS) is 1. The zero-order chi connectivity index (χ0) is 16.1. The first-order valence-electron chi connectivity index (χ1n) is 6.39. The summed E-state index contributed by atoms with van der Waals surface area (Å²) in [6.07, 6.45) is -5.74. The maximum Gasteiger partial charge on any atom is 0.389 e. The molecule has 0 amide bonds. The van der Waals surface area contributed by atoms with E-state index in [-0.39, 0.29) is 6.42 Å². The van der Waals surface area contributed by atoms with Crippen molar-refractivity contribution < 1.29 is 32.6 Å². The Morgan fingerprint density at radius 2 is 1.65 bits per heavy atom. The second-order valence-corrected chi connectivity index (χ2v) is 5.69. The van der Waals surface area contributed by atoms with Crippen molar-refractivity contribution in [1.29, 1.82) is 0 Å². The van der Waals surface area contributed by atoms with Crippen molar-refractivity contribution in [1.82, 2.24) is 0 Å². The predicted molar refractivity (Wildman–Crippen MR) is 66.0 cm³/mol. The van der Waals surface area contributed by atoms with E-state index in [1.807, 2.05) is 0 Å². The Morgan fingerprint density at radius 1 is 1.15 bits per heavy atom. The molecule has 0 rings (SSSR count). The highest BCUT2D eigenvalue weighted by Gasteiger charge is 2.43. The van der Waals surface area contributed by atoms with E-state index in [9.17, 15) is 22.8 Å². The second kappa shape index (κ2) is 6.95. The van der Waals surface area contributed by atoms with E-state index in [0.717, 1.165) is 0 Å². The molecule has 0 bridgehead atoms. The zero-order valence-electron chi connectivity index (χ0n) is 12.1. The Hall–Kier alpha value is -1.27. The fraction of sp³-hybridized carbons (Fsp3) is 0.846. The standard InChI is InChI=1S/C13H21F3O4/c1-5-6-8(10(17)18)9(7-13(14,15)16)11(19)20-12(2,3)4/h8-9H,5-7H2,1-4H3,(H,17,18). The van der Waals surface area contributed by atoms with Gasteiger partial charge in [0.2, 0.25) is 0 Å². The maximum atomic E-state index is 12.6. The molecule has 0 aliphatic rings. The lowest BCUT2D eigenvalue weighted by Gasteiger charge is -2.27. The first kappa shape index (κ1) is 18.7. The van der Waals surface area contributed by atoms with Crippen LogP contribution in [0.1, 0.15) is 47.0 Å². The van der Waals surface area contributed by atoms with Crippen molar-refractivity contribution in [3.63, 3.8) is 0 Å².